The van der Waals surface area contributed by atoms with Gasteiger partial charge in [0, 0.05) is 19.0 Å². The number of Topliss-reactive ketones (excluding diaryl/α,β-unsaturated/α-hetero) is 1. The van der Waals surface area contributed by atoms with E-state index >= 15 is 0 Å². The van der Waals surface area contributed by atoms with Crippen molar-refractivity contribution < 1.29 is 4.79 Å². The molecule has 0 unspecified atom stereocenters. The number of carbonyl (C=O) groups excluding carboxylic acids is 1. The number of aromatic nitrogens is 2. The molecule has 3 nitrogen and oxygen atoms in total. The van der Waals surface area contributed by atoms with Crippen molar-refractivity contribution in [1.29, 1.82) is 0 Å². The second-order valence-corrected chi connectivity index (χ2v) is 3.77. The molecule has 0 aliphatic heterocycles. The molecule has 0 radical (unpaired) electrons. The summed E-state index contributed by atoms with van der Waals surface area (Å²) in [7, 11) is 1.84. The molecule has 0 atom stereocenters. The zero-order valence-corrected chi connectivity index (χ0v) is 8.39. The molecule has 1 aromatic heterocycles. The van der Waals surface area contributed by atoms with Crippen LogP contribution in [0.15, 0.2) is 4.60 Å². The molecule has 0 N–H and O–H groups in total. The first kappa shape index (κ1) is 7.98. The van der Waals surface area contributed by atoms with Crippen LogP contribution in [0.5, 0.6) is 0 Å². The highest BCUT2D eigenvalue weighted by molar-refractivity contribution is 9.10. The van der Waals surface area contributed by atoms with Gasteiger partial charge in [-0.3, -0.25) is 9.48 Å². The third kappa shape index (κ3) is 1.02. The van der Waals surface area contributed by atoms with E-state index in [1.165, 1.54) is 0 Å². The maximum absolute atomic E-state index is 11.4. The summed E-state index contributed by atoms with van der Waals surface area (Å²) in [5.41, 5.74) is 1.74. The van der Waals surface area contributed by atoms with Crippen molar-refractivity contribution >= 4 is 21.7 Å². The lowest BCUT2D eigenvalue weighted by Gasteiger charge is -2.07. The van der Waals surface area contributed by atoms with Crippen molar-refractivity contribution in [2.75, 3.05) is 0 Å². The molecular formula is C8H9BrN2O. The zero-order valence-electron chi connectivity index (χ0n) is 6.80. The molecule has 4 heteroatoms. The maximum Gasteiger partial charge on any atom is 0.183 e. The molecule has 0 spiro atoms. The highest BCUT2D eigenvalue weighted by Crippen LogP contribution is 2.26. The molecule has 0 bridgehead atoms. The number of ketones is 1. The SMILES string of the molecule is Cn1nc2c(c1Br)CCCC2=O. The van der Waals surface area contributed by atoms with Crippen LogP contribution in [0.2, 0.25) is 0 Å². The summed E-state index contributed by atoms with van der Waals surface area (Å²) in [6.07, 6.45) is 2.57. The molecule has 1 aromatic rings. The average molecular weight is 229 g/mol. The number of fused-ring (bicyclic) bond motifs is 1. The summed E-state index contributed by atoms with van der Waals surface area (Å²) in [5.74, 6) is 0.178. The number of hydrogen-bond acceptors (Lipinski definition) is 2. The molecule has 1 aliphatic carbocycles. The molecule has 2 rings (SSSR count). The fourth-order valence-corrected chi connectivity index (χ4v) is 2.00. The zero-order chi connectivity index (χ0) is 8.72. The van der Waals surface area contributed by atoms with Crippen molar-refractivity contribution in [2.24, 2.45) is 7.05 Å². The van der Waals surface area contributed by atoms with Gasteiger partial charge >= 0.3 is 0 Å². The molecule has 12 heavy (non-hydrogen) atoms. The number of carbonyl (C=O) groups is 1. The summed E-state index contributed by atoms with van der Waals surface area (Å²) in [6, 6.07) is 0. The van der Waals surface area contributed by atoms with Gasteiger partial charge in [0.2, 0.25) is 0 Å². The number of rotatable bonds is 0. The van der Waals surface area contributed by atoms with Crippen LogP contribution < -0.4 is 0 Å². The summed E-state index contributed by atoms with van der Waals surface area (Å²) in [5, 5.41) is 4.15. The molecular weight excluding hydrogens is 220 g/mol. The van der Waals surface area contributed by atoms with E-state index in [0.717, 1.165) is 23.0 Å². The summed E-state index contributed by atoms with van der Waals surface area (Å²) in [6.45, 7) is 0. The molecule has 1 heterocycles. The van der Waals surface area contributed by atoms with E-state index in [4.69, 9.17) is 0 Å². The molecule has 0 aromatic carbocycles. The van der Waals surface area contributed by atoms with Crippen LogP contribution in [0.1, 0.15) is 28.9 Å². The summed E-state index contributed by atoms with van der Waals surface area (Å²) >= 11 is 3.41. The largest absolute Gasteiger partial charge is 0.292 e. The predicted octanol–water partition coefficient (Wildman–Crippen LogP) is 1.70. The molecule has 64 valence electrons. The van der Waals surface area contributed by atoms with Crippen LogP contribution in [0.25, 0.3) is 0 Å². The normalized spacial score (nSPS) is 16.3. The Hall–Kier alpha value is -0.640. The van der Waals surface area contributed by atoms with Crippen LogP contribution in [-0.2, 0) is 13.5 Å². The minimum atomic E-state index is 0.178. The van der Waals surface area contributed by atoms with Gasteiger partial charge < -0.3 is 0 Å². The Morgan fingerprint density at radius 3 is 2.92 bits per heavy atom. The Bertz CT molecular complexity index is 343. The summed E-state index contributed by atoms with van der Waals surface area (Å²) in [4.78, 5) is 11.4. The van der Waals surface area contributed by atoms with Gasteiger partial charge in [0.15, 0.2) is 5.78 Å². The molecule has 0 fully saturated rings. The topological polar surface area (TPSA) is 34.9 Å². The van der Waals surface area contributed by atoms with Crippen molar-refractivity contribution in [3.8, 4) is 0 Å². The van der Waals surface area contributed by atoms with Crippen LogP contribution >= 0.6 is 15.9 Å². The van der Waals surface area contributed by atoms with E-state index in [9.17, 15) is 4.79 Å². The lowest BCUT2D eigenvalue weighted by atomic mass is 9.97. The highest BCUT2D eigenvalue weighted by Gasteiger charge is 2.23. The van der Waals surface area contributed by atoms with E-state index in [1.54, 1.807) is 4.68 Å². The first-order valence-electron chi connectivity index (χ1n) is 3.94. The lowest BCUT2D eigenvalue weighted by Crippen LogP contribution is -2.09. The Morgan fingerprint density at radius 2 is 2.25 bits per heavy atom. The Morgan fingerprint density at radius 1 is 1.50 bits per heavy atom. The van der Waals surface area contributed by atoms with E-state index in [1.807, 2.05) is 7.05 Å². The van der Waals surface area contributed by atoms with Crippen molar-refractivity contribution in [1.82, 2.24) is 9.78 Å². The van der Waals surface area contributed by atoms with Gasteiger partial charge in [0.05, 0.1) is 0 Å². The van der Waals surface area contributed by atoms with Gasteiger partial charge in [-0.15, -0.1) is 0 Å². The first-order chi connectivity index (χ1) is 5.70. The third-order valence-corrected chi connectivity index (χ3v) is 3.16. The molecule has 0 saturated heterocycles. The Labute approximate surface area is 78.9 Å². The van der Waals surface area contributed by atoms with E-state index in [-0.39, 0.29) is 5.78 Å². The minimum absolute atomic E-state index is 0.178. The van der Waals surface area contributed by atoms with Crippen LogP contribution in [0.4, 0.5) is 0 Å². The average Bonchev–Trinajstić information content (AvgIpc) is 2.32. The highest BCUT2D eigenvalue weighted by atomic mass is 79.9. The molecule has 0 amide bonds. The number of nitrogens with zero attached hydrogens (tertiary/aromatic N) is 2. The van der Waals surface area contributed by atoms with Gasteiger partial charge in [0.1, 0.15) is 10.3 Å². The standard InChI is InChI=1S/C8H9BrN2O/c1-11-8(9)5-3-2-4-6(12)7(5)10-11/h2-4H2,1H3. The first-order valence-corrected chi connectivity index (χ1v) is 4.74. The van der Waals surface area contributed by atoms with Gasteiger partial charge in [-0.1, -0.05) is 0 Å². The van der Waals surface area contributed by atoms with Crippen molar-refractivity contribution in [2.45, 2.75) is 19.3 Å². The van der Waals surface area contributed by atoms with Crippen LogP contribution in [-0.4, -0.2) is 15.6 Å². The van der Waals surface area contributed by atoms with E-state index in [2.05, 4.69) is 21.0 Å². The van der Waals surface area contributed by atoms with Gasteiger partial charge in [-0.25, -0.2) is 0 Å². The number of halogens is 1. The fraction of sp³-hybridized carbons (Fsp3) is 0.500. The quantitative estimate of drug-likeness (QED) is 0.678. The Kier molecular flexibility index (Phi) is 1.79. The molecule has 0 saturated carbocycles. The second kappa shape index (κ2) is 2.69. The molecule has 1 aliphatic rings. The third-order valence-electron chi connectivity index (χ3n) is 2.16. The maximum atomic E-state index is 11.4. The smallest absolute Gasteiger partial charge is 0.183 e. The minimum Gasteiger partial charge on any atom is -0.292 e. The second-order valence-electron chi connectivity index (χ2n) is 3.02. The van der Waals surface area contributed by atoms with Gasteiger partial charge in [0.25, 0.3) is 0 Å². The fourth-order valence-electron chi connectivity index (χ4n) is 1.54. The van der Waals surface area contributed by atoms with Crippen LogP contribution in [0.3, 0.4) is 0 Å². The number of aryl methyl sites for hydroxylation is 1. The lowest BCUT2D eigenvalue weighted by molar-refractivity contribution is 0.0967. The predicted molar refractivity (Wildman–Crippen MR) is 48.2 cm³/mol. The van der Waals surface area contributed by atoms with Gasteiger partial charge in [-0.2, -0.15) is 5.10 Å². The van der Waals surface area contributed by atoms with E-state index in [0.29, 0.717) is 12.1 Å². The van der Waals surface area contributed by atoms with Crippen molar-refractivity contribution in [3.05, 3.63) is 15.9 Å². The Balaban J connectivity index is 2.60. The van der Waals surface area contributed by atoms with E-state index < -0.39 is 0 Å². The summed E-state index contributed by atoms with van der Waals surface area (Å²) < 4.78 is 2.67. The van der Waals surface area contributed by atoms with Gasteiger partial charge in [-0.05, 0) is 28.8 Å². The van der Waals surface area contributed by atoms with Crippen LogP contribution in [0, 0.1) is 0 Å². The monoisotopic (exact) mass is 228 g/mol. The van der Waals surface area contributed by atoms with Crippen molar-refractivity contribution in [3.63, 3.8) is 0 Å². The number of hydrogen-bond donors (Lipinski definition) is 0.